The quantitative estimate of drug-likeness (QED) is 0.416. The summed E-state index contributed by atoms with van der Waals surface area (Å²) in [7, 11) is 1.46. The number of alkyl carbamates (subject to hydrolysis) is 1. The number of rotatable bonds is 11. The first-order valence-electron chi connectivity index (χ1n) is 8.82. The number of hydrogen-bond acceptors (Lipinski definition) is 5. The molecule has 8 heteroatoms. The van der Waals surface area contributed by atoms with Gasteiger partial charge in [-0.15, -0.1) is 11.6 Å². The predicted octanol–water partition coefficient (Wildman–Crippen LogP) is 2.65. The minimum absolute atomic E-state index is 0.0929. The van der Waals surface area contributed by atoms with Gasteiger partial charge in [0.25, 0.3) is 5.91 Å². The molecule has 0 aliphatic rings. The van der Waals surface area contributed by atoms with E-state index in [4.69, 9.17) is 21.1 Å². The van der Waals surface area contributed by atoms with Crippen LogP contribution in [0.25, 0.3) is 0 Å². The van der Waals surface area contributed by atoms with Gasteiger partial charge in [0.05, 0.1) is 5.88 Å². The van der Waals surface area contributed by atoms with Crippen molar-refractivity contribution < 1.29 is 23.9 Å². The molecule has 0 saturated heterocycles. The molecule has 0 aromatic heterocycles. The van der Waals surface area contributed by atoms with Crippen LogP contribution < -0.4 is 10.6 Å². The van der Waals surface area contributed by atoms with Gasteiger partial charge in [-0.25, -0.2) is 4.79 Å². The van der Waals surface area contributed by atoms with Crippen LogP contribution in [0, 0.1) is 5.92 Å². The molecule has 0 spiro atoms. The summed E-state index contributed by atoms with van der Waals surface area (Å²) in [5.41, 5.74) is -1.48. The van der Waals surface area contributed by atoms with Gasteiger partial charge < -0.3 is 20.1 Å². The third-order valence-corrected chi connectivity index (χ3v) is 4.06. The number of carbonyl (C=O) groups is 3. The van der Waals surface area contributed by atoms with Crippen molar-refractivity contribution in [3.8, 4) is 0 Å². The van der Waals surface area contributed by atoms with Crippen LogP contribution in [0.1, 0.15) is 53.9 Å². The Morgan fingerprint density at radius 1 is 1.04 bits per heavy atom. The van der Waals surface area contributed by atoms with Gasteiger partial charge in [0.15, 0.2) is 5.78 Å². The number of nitrogens with one attached hydrogen (secondary N) is 2. The minimum Gasteiger partial charge on any atom is -0.444 e. The largest absolute Gasteiger partial charge is 0.444 e. The molecular formula is C18H33ClN2O5. The second kappa shape index (κ2) is 11.4. The minimum atomic E-state index is -0.952. The SMILES string of the molecule is COC(C)(C)C(=O)NC[C@@H](CCCCNC(=O)OC(C)(C)C)C(=O)CCl. The van der Waals surface area contributed by atoms with E-state index in [1.165, 1.54) is 7.11 Å². The van der Waals surface area contributed by atoms with Crippen LogP contribution >= 0.6 is 11.6 Å². The van der Waals surface area contributed by atoms with Crippen molar-refractivity contribution in [3.63, 3.8) is 0 Å². The van der Waals surface area contributed by atoms with Crippen LogP contribution in [0.3, 0.4) is 0 Å². The third kappa shape index (κ3) is 10.6. The summed E-state index contributed by atoms with van der Waals surface area (Å²) in [4.78, 5) is 35.5. The monoisotopic (exact) mass is 392 g/mol. The molecular weight excluding hydrogens is 360 g/mol. The van der Waals surface area contributed by atoms with E-state index >= 15 is 0 Å². The number of unbranched alkanes of at least 4 members (excludes halogenated alkanes) is 1. The molecule has 0 aliphatic heterocycles. The number of hydrogen-bond donors (Lipinski definition) is 2. The van der Waals surface area contributed by atoms with Crippen LogP contribution in [-0.4, -0.2) is 55.1 Å². The molecule has 0 aliphatic carbocycles. The van der Waals surface area contributed by atoms with Crippen LogP contribution in [0.5, 0.6) is 0 Å². The Morgan fingerprint density at radius 2 is 1.65 bits per heavy atom. The van der Waals surface area contributed by atoms with Crippen molar-refractivity contribution in [2.24, 2.45) is 5.92 Å². The Bertz CT molecular complexity index is 475. The number of ketones is 1. The zero-order valence-corrected chi connectivity index (χ0v) is 17.5. The number of Topliss-reactive ketones (excluding diaryl/α,β-unsaturated/α-hetero) is 1. The lowest BCUT2D eigenvalue weighted by Crippen LogP contribution is -2.46. The number of alkyl halides is 1. The van der Waals surface area contributed by atoms with Crippen molar-refractivity contribution in [2.45, 2.75) is 65.1 Å². The lowest BCUT2D eigenvalue weighted by Gasteiger charge is -2.23. The normalized spacial score (nSPS) is 13.0. The fraction of sp³-hybridized carbons (Fsp3) is 0.833. The number of halogens is 1. The Labute approximate surface area is 161 Å². The Morgan fingerprint density at radius 3 is 2.15 bits per heavy atom. The summed E-state index contributed by atoms with van der Waals surface area (Å²) in [6.45, 7) is 9.39. The molecule has 0 bridgehead atoms. The average molecular weight is 393 g/mol. The van der Waals surface area contributed by atoms with Gasteiger partial charge in [0.2, 0.25) is 0 Å². The first-order valence-corrected chi connectivity index (χ1v) is 9.35. The topological polar surface area (TPSA) is 93.7 Å². The summed E-state index contributed by atoms with van der Waals surface area (Å²) in [6.07, 6.45) is 1.53. The Hall–Kier alpha value is -1.34. The number of amides is 2. The van der Waals surface area contributed by atoms with Gasteiger partial charge in [-0.2, -0.15) is 0 Å². The lowest BCUT2D eigenvalue weighted by molar-refractivity contribution is -0.139. The van der Waals surface area contributed by atoms with Crippen molar-refractivity contribution in [2.75, 3.05) is 26.1 Å². The summed E-state index contributed by atoms with van der Waals surface area (Å²) in [5, 5.41) is 5.42. The zero-order valence-electron chi connectivity index (χ0n) is 16.7. The van der Waals surface area contributed by atoms with E-state index in [1.54, 1.807) is 34.6 Å². The molecule has 0 radical (unpaired) electrons. The van der Waals surface area contributed by atoms with Gasteiger partial charge in [-0.1, -0.05) is 6.42 Å². The first-order chi connectivity index (χ1) is 11.9. The second-order valence-corrected chi connectivity index (χ2v) is 7.91. The highest BCUT2D eigenvalue weighted by Gasteiger charge is 2.28. The summed E-state index contributed by atoms with van der Waals surface area (Å²) in [6, 6.07) is 0. The van der Waals surface area contributed by atoms with Crippen LogP contribution in [0.2, 0.25) is 0 Å². The Kier molecular flexibility index (Phi) is 10.8. The average Bonchev–Trinajstić information content (AvgIpc) is 2.54. The van der Waals surface area contributed by atoms with E-state index in [0.29, 0.717) is 25.8 Å². The lowest BCUT2D eigenvalue weighted by atomic mass is 9.97. The number of methoxy groups -OCH3 is 1. The van der Waals surface area contributed by atoms with Crippen LogP contribution in [-0.2, 0) is 19.1 Å². The van der Waals surface area contributed by atoms with Crippen molar-refractivity contribution in [1.82, 2.24) is 10.6 Å². The predicted molar refractivity (Wildman–Crippen MR) is 101 cm³/mol. The molecule has 152 valence electrons. The molecule has 0 fully saturated rings. The molecule has 1 atom stereocenters. The highest BCUT2D eigenvalue weighted by atomic mass is 35.5. The molecule has 2 N–H and O–H groups in total. The van der Waals surface area contributed by atoms with Gasteiger partial charge in [0.1, 0.15) is 11.2 Å². The van der Waals surface area contributed by atoms with E-state index in [2.05, 4.69) is 10.6 Å². The molecule has 2 amide bonds. The highest BCUT2D eigenvalue weighted by Crippen LogP contribution is 2.12. The molecule has 0 unspecified atom stereocenters. The van der Waals surface area contributed by atoms with Crippen LogP contribution in [0.4, 0.5) is 4.79 Å². The maximum Gasteiger partial charge on any atom is 0.407 e. The molecule has 0 aromatic rings. The smallest absolute Gasteiger partial charge is 0.407 e. The van der Waals surface area contributed by atoms with Crippen LogP contribution in [0.15, 0.2) is 0 Å². The van der Waals surface area contributed by atoms with Crippen molar-refractivity contribution in [1.29, 1.82) is 0 Å². The van der Waals surface area contributed by atoms with E-state index < -0.39 is 17.3 Å². The van der Waals surface area contributed by atoms with E-state index in [9.17, 15) is 14.4 Å². The standard InChI is InChI=1S/C18H33ClN2O5/c1-17(2,3)26-16(24)20-10-8-7-9-13(14(22)11-19)12-21-15(23)18(4,5)25-6/h13H,7-12H2,1-6H3,(H,20,24)(H,21,23)/t13-/m1/s1. The molecule has 7 nitrogen and oxygen atoms in total. The van der Waals surface area contributed by atoms with E-state index in [0.717, 1.165) is 0 Å². The molecule has 0 aromatic carbocycles. The number of carbonyl (C=O) groups excluding carboxylic acids is 3. The fourth-order valence-corrected chi connectivity index (χ4v) is 2.25. The summed E-state index contributed by atoms with van der Waals surface area (Å²) >= 11 is 5.66. The van der Waals surface area contributed by atoms with E-state index in [-0.39, 0.29) is 30.0 Å². The first kappa shape index (κ1) is 24.7. The molecule has 0 rings (SSSR count). The van der Waals surface area contributed by atoms with Gasteiger partial charge in [-0.3, -0.25) is 9.59 Å². The molecule has 0 saturated carbocycles. The Balaban J connectivity index is 4.26. The fourth-order valence-electron chi connectivity index (χ4n) is 2.03. The molecule has 0 heterocycles. The highest BCUT2D eigenvalue weighted by molar-refractivity contribution is 6.27. The number of ether oxygens (including phenoxy) is 2. The van der Waals surface area contributed by atoms with E-state index in [1.807, 2.05) is 0 Å². The van der Waals surface area contributed by atoms with Crippen molar-refractivity contribution in [3.05, 3.63) is 0 Å². The maximum atomic E-state index is 12.0. The second-order valence-electron chi connectivity index (χ2n) is 7.65. The van der Waals surface area contributed by atoms with Gasteiger partial charge in [0, 0.05) is 26.1 Å². The molecule has 26 heavy (non-hydrogen) atoms. The van der Waals surface area contributed by atoms with Gasteiger partial charge >= 0.3 is 6.09 Å². The maximum absolute atomic E-state index is 12.0. The van der Waals surface area contributed by atoms with Crippen molar-refractivity contribution >= 4 is 29.4 Å². The summed E-state index contributed by atoms with van der Waals surface area (Å²) in [5.74, 6) is -0.837. The zero-order chi connectivity index (χ0) is 20.4. The third-order valence-electron chi connectivity index (χ3n) is 3.80. The van der Waals surface area contributed by atoms with Gasteiger partial charge in [-0.05, 0) is 47.5 Å². The summed E-state index contributed by atoms with van der Waals surface area (Å²) < 4.78 is 10.3.